The normalized spacial score (nSPS) is 14.8. The van der Waals surface area contributed by atoms with Crippen molar-refractivity contribution in [1.82, 2.24) is 15.0 Å². The van der Waals surface area contributed by atoms with Crippen molar-refractivity contribution < 1.29 is 14.4 Å². The quantitative estimate of drug-likeness (QED) is 0.290. The number of hydrogen-bond acceptors (Lipinski definition) is 5. The third kappa shape index (κ3) is 7.55. The third-order valence-electron chi connectivity index (χ3n) is 5.69. The van der Waals surface area contributed by atoms with Gasteiger partial charge in [0, 0.05) is 18.8 Å². The molecule has 1 aliphatic rings. The number of carbonyl (C=O) groups excluding carboxylic acids is 1. The van der Waals surface area contributed by atoms with Gasteiger partial charge in [0.25, 0.3) is 0 Å². The first kappa shape index (κ1) is 23.1. The molecule has 1 aromatic carbocycles. The molecule has 1 fully saturated rings. The van der Waals surface area contributed by atoms with Gasteiger partial charge in [-0.3, -0.25) is 15.1 Å². The predicted molar refractivity (Wildman–Crippen MR) is 121 cm³/mol. The van der Waals surface area contributed by atoms with Crippen LogP contribution in [0.5, 0.6) is 0 Å². The molecular weight excluding hydrogens is 390 g/mol. The first-order valence-corrected chi connectivity index (χ1v) is 11.5. The van der Waals surface area contributed by atoms with E-state index in [9.17, 15) is 4.79 Å². The Balaban J connectivity index is 1.67. The van der Waals surface area contributed by atoms with Gasteiger partial charge in [-0.15, -0.1) is 0 Å². The number of rotatable bonds is 12. The molecule has 1 heterocycles. The summed E-state index contributed by atoms with van der Waals surface area (Å²) in [6.45, 7) is 2.82. The topological polar surface area (TPSA) is 65.4 Å². The van der Waals surface area contributed by atoms with E-state index in [0.717, 1.165) is 37.8 Å². The van der Waals surface area contributed by atoms with Crippen molar-refractivity contribution in [3.05, 3.63) is 65.9 Å². The van der Waals surface area contributed by atoms with Gasteiger partial charge in [-0.2, -0.15) is 0 Å². The molecule has 1 unspecified atom stereocenters. The highest BCUT2D eigenvalue weighted by Gasteiger charge is 2.22. The fourth-order valence-electron chi connectivity index (χ4n) is 4.08. The van der Waals surface area contributed by atoms with E-state index in [0.29, 0.717) is 19.6 Å². The van der Waals surface area contributed by atoms with Crippen molar-refractivity contribution in [3.63, 3.8) is 0 Å². The summed E-state index contributed by atoms with van der Waals surface area (Å²) in [5, 5.41) is 0. The van der Waals surface area contributed by atoms with Crippen LogP contribution in [0.4, 0.5) is 0 Å². The average molecular weight is 426 g/mol. The summed E-state index contributed by atoms with van der Waals surface area (Å²) in [4.78, 5) is 21.7. The number of ether oxygens (including phenoxy) is 1. The molecule has 1 aliphatic carbocycles. The van der Waals surface area contributed by atoms with Crippen molar-refractivity contribution in [1.29, 1.82) is 0 Å². The Hall–Kier alpha value is -2.60. The van der Waals surface area contributed by atoms with Gasteiger partial charge in [-0.25, -0.2) is 4.98 Å². The van der Waals surface area contributed by atoms with E-state index in [-0.39, 0.29) is 12.0 Å². The first-order valence-electron chi connectivity index (χ1n) is 11.5. The van der Waals surface area contributed by atoms with Crippen LogP contribution in [0.25, 0.3) is 0 Å². The monoisotopic (exact) mass is 425 g/mol. The SMILES string of the molecule is CCOC(=O)CCCCONC(=C1CCCCC1)C(Cc1ccccc1)n1ccnc1. The zero-order valence-corrected chi connectivity index (χ0v) is 18.6. The summed E-state index contributed by atoms with van der Waals surface area (Å²) in [7, 11) is 0. The van der Waals surface area contributed by atoms with E-state index in [2.05, 4.69) is 39.3 Å². The minimum atomic E-state index is -0.136. The van der Waals surface area contributed by atoms with Gasteiger partial charge in [0.05, 0.1) is 31.3 Å². The molecule has 1 aromatic heterocycles. The fraction of sp³-hybridized carbons (Fsp3) is 0.520. The van der Waals surface area contributed by atoms with Gasteiger partial charge in [0.15, 0.2) is 0 Å². The Morgan fingerprint density at radius 3 is 2.68 bits per heavy atom. The number of benzene rings is 1. The van der Waals surface area contributed by atoms with E-state index in [1.807, 2.05) is 31.7 Å². The maximum Gasteiger partial charge on any atom is 0.305 e. The summed E-state index contributed by atoms with van der Waals surface area (Å²) >= 11 is 0. The number of allylic oxidation sites excluding steroid dienone is 2. The number of hydrogen-bond donors (Lipinski definition) is 1. The maximum atomic E-state index is 11.5. The number of hydroxylamine groups is 1. The van der Waals surface area contributed by atoms with Crippen LogP contribution in [-0.2, 0) is 20.8 Å². The molecule has 2 aromatic rings. The van der Waals surface area contributed by atoms with Crippen LogP contribution in [0.3, 0.4) is 0 Å². The molecule has 1 saturated carbocycles. The standard InChI is InChI=1S/C25H35N3O3/c1-2-30-24(29)15-9-10-18-31-27-25(22-13-7-4-8-14-22)23(28-17-16-26-20-28)19-21-11-5-3-6-12-21/h3,5-6,11-12,16-17,20,23,27H,2,4,7-10,13-15,18-19H2,1H3. The maximum absolute atomic E-state index is 11.5. The summed E-state index contributed by atoms with van der Waals surface area (Å²) < 4.78 is 7.15. The molecule has 3 rings (SSSR count). The second-order valence-corrected chi connectivity index (χ2v) is 8.01. The average Bonchev–Trinajstić information content (AvgIpc) is 3.34. The van der Waals surface area contributed by atoms with Crippen LogP contribution in [-0.4, -0.2) is 28.7 Å². The van der Waals surface area contributed by atoms with Gasteiger partial charge < -0.3 is 9.30 Å². The first-order chi connectivity index (χ1) is 15.3. The van der Waals surface area contributed by atoms with Crippen LogP contribution in [0, 0.1) is 0 Å². The molecule has 1 N–H and O–H groups in total. The van der Waals surface area contributed by atoms with Gasteiger partial charge in [0.2, 0.25) is 0 Å². The molecule has 6 nitrogen and oxygen atoms in total. The van der Waals surface area contributed by atoms with Gasteiger partial charge in [0.1, 0.15) is 0 Å². The second-order valence-electron chi connectivity index (χ2n) is 8.01. The van der Waals surface area contributed by atoms with Crippen LogP contribution >= 0.6 is 0 Å². The molecule has 168 valence electrons. The van der Waals surface area contributed by atoms with Crippen molar-refractivity contribution in [2.45, 2.75) is 70.8 Å². The molecule has 31 heavy (non-hydrogen) atoms. The molecule has 0 saturated heterocycles. The molecule has 0 amide bonds. The third-order valence-corrected chi connectivity index (χ3v) is 5.69. The summed E-state index contributed by atoms with van der Waals surface area (Å²) in [5.74, 6) is -0.136. The largest absolute Gasteiger partial charge is 0.466 e. The number of aromatic nitrogens is 2. The van der Waals surface area contributed by atoms with E-state index in [1.54, 1.807) is 0 Å². The van der Waals surface area contributed by atoms with Gasteiger partial charge >= 0.3 is 5.97 Å². The molecule has 0 radical (unpaired) electrons. The molecule has 1 atom stereocenters. The number of nitrogens with zero attached hydrogens (tertiary/aromatic N) is 2. The number of unbranched alkanes of at least 4 members (excludes halogenated alkanes) is 1. The minimum absolute atomic E-state index is 0.109. The van der Waals surface area contributed by atoms with Crippen LogP contribution in [0.2, 0.25) is 0 Å². The minimum Gasteiger partial charge on any atom is -0.466 e. The second kappa shape index (κ2) is 13.0. The molecule has 0 bridgehead atoms. The zero-order valence-electron chi connectivity index (χ0n) is 18.6. The van der Waals surface area contributed by atoms with Gasteiger partial charge in [-0.05, 0) is 63.0 Å². The lowest BCUT2D eigenvalue weighted by Gasteiger charge is -2.28. The summed E-state index contributed by atoms with van der Waals surface area (Å²) in [6.07, 6.45) is 14.6. The number of imidazole rings is 1. The Labute approximate surface area is 185 Å². The van der Waals surface area contributed by atoms with Crippen molar-refractivity contribution in [3.8, 4) is 0 Å². The Morgan fingerprint density at radius 2 is 1.97 bits per heavy atom. The lowest BCUT2D eigenvalue weighted by atomic mass is 9.90. The van der Waals surface area contributed by atoms with Crippen LogP contribution in [0.1, 0.15) is 69.9 Å². The van der Waals surface area contributed by atoms with Crippen molar-refractivity contribution >= 4 is 5.97 Å². The Kier molecular flexibility index (Phi) is 9.64. The number of carbonyl (C=O) groups is 1. The zero-order chi connectivity index (χ0) is 21.7. The smallest absolute Gasteiger partial charge is 0.305 e. The highest BCUT2D eigenvalue weighted by Crippen LogP contribution is 2.31. The van der Waals surface area contributed by atoms with E-state index >= 15 is 0 Å². The van der Waals surface area contributed by atoms with E-state index in [1.165, 1.54) is 30.4 Å². The number of nitrogens with one attached hydrogen (secondary N) is 1. The Morgan fingerprint density at radius 1 is 1.16 bits per heavy atom. The summed E-state index contributed by atoms with van der Waals surface area (Å²) in [6, 6.07) is 10.7. The predicted octanol–water partition coefficient (Wildman–Crippen LogP) is 5.14. The van der Waals surface area contributed by atoms with Crippen molar-refractivity contribution in [2.75, 3.05) is 13.2 Å². The lowest BCUT2D eigenvalue weighted by molar-refractivity contribution is -0.143. The molecule has 0 aliphatic heterocycles. The molecule has 0 spiro atoms. The van der Waals surface area contributed by atoms with E-state index in [4.69, 9.17) is 9.57 Å². The highest BCUT2D eigenvalue weighted by atomic mass is 16.6. The van der Waals surface area contributed by atoms with Crippen LogP contribution in [0.15, 0.2) is 60.3 Å². The van der Waals surface area contributed by atoms with Crippen molar-refractivity contribution in [2.24, 2.45) is 0 Å². The van der Waals surface area contributed by atoms with Crippen LogP contribution < -0.4 is 5.48 Å². The molecular formula is C25H35N3O3. The van der Waals surface area contributed by atoms with Gasteiger partial charge in [-0.1, -0.05) is 36.8 Å². The lowest BCUT2D eigenvalue weighted by Crippen LogP contribution is -2.27. The Bertz CT molecular complexity index is 795. The molecule has 6 heteroatoms. The summed E-state index contributed by atoms with van der Waals surface area (Å²) in [5.41, 5.74) is 7.22. The fourth-order valence-corrected chi connectivity index (χ4v) is 4.08. The van der Waals surface area contributed by atoms with E-state index < -0.39 is 0 Å². The number of esters is 1. The highest BCUT2D eigenvalue weighted by molar-refractivity contribution is 5.69.